The molecule has 0 aliphatic rings. The molecule has 0 fully saturated rings. The zero-order chi connectivity index (χ0) is 17.9. The Morgan fingerprint density at radius 2 is 1.67 bits per heavy atom. The highest BCUT2D eigenvalue weighted by Crippen LogP contribution is 2.29. The van der Waals surface area contributed by atoms with Crippen molar-refractivity contribution in [2.75, 3.05) is 19.8 Å². The summed E-state index contributed by atoms with van der Waals surface area (Å²) >= 11 is 0. The third-order valence-corrected chi connectivity index (χ3v) is 2.89. The molecule has 0 aliphatic carbocycles. The van der Waals surface area contributed by atoms with Crippen LogP contribution in [-0.2, 0) is 9.53 Å². The van der Waals surface area contributed by atoms with Crippen molar-refractivity contribution in [1.82, 2.24) is 5.32 Å². The van der Waals surface area contributed by atoms with Crippen molar-refractivity contribution in [3.05, 3.63) is 23.8 Å². The molecule has 0 radical (unpaired) electrons. The van der Waals surface area contributed by atoms with Gasteiger partial charge in [0.15, 0.2) is 18.1 Å². The molecule has 6 nitrogen and oxygen atoms in total. The van der Waals surface area contributed by atoms with Crippen LogP contribution in [0.15, 0.2) is 18.2 Å². The molecule has 0 heterocycles. The van der Waals surface area contributed by atoms with Gasteiger partial charge in [-0.3, -0.25) is 4.79 Å². The number of esters is 1. The van der Waals surface area contributed by atoms with Gasteiger partial charge in [0.25, 0.3) is 5.91 Å². The van der Waals surface area contributed by atoms with Gasteiger partial charge in [0.05, 0.1) is 18.8 Å². The second-order valence-electron chi connectivity index (χ2n) is 5.66. The van der Waals surface area contributed by atoms with Crippen LogP contribution < -0.4 is 14.8 Å². The van der Waals surface area contributed by atoms with E-state index in [1.807, 2.05) is 27.7 Å². The average Bonchev–Trinajstić information content (AvgIpc) is 2.55. The summed E-state index contributed by atoms with van der Waals surface area (Å²) in [7, 11) is 0. The topological polar surface area (TPSA) is 73.9 Å². The fourth-order valence-electron chi connectivity index (χ4n) is 1.87. The Morgan fingerprint density at radius 3 is 2.25 bits per heavy atom. The van der Waals surface area contributed by atoms with Gasteiger partial charge in [-0.15, -0.1) is 0 Å². The van der Waals surface area contributed by atoms with Crippen molar-refractivity contribution < 1.29 is 23.8 Å². The molecular weight excluding hydrogens is 310 g/mol. The van der Waals surface area contributed by atoms with E-state index >= 15 is 0 Å². The molecule has 0 saturated heterocycles. The minimum atomic E-state index is -0.572. The number of nitrogens with one attached hydrogen (secondary N) is 1. The normalized spacial score (nSPS) is 10.4. The number of carbonyl (C=O) groups is 2. The van der Waals surface area contributed by atoms with Crippen LogP contribution in [0.2, 0.25) is 0 Å². The van der Waals surface area contributed by atoms with Crippen LogP contribution in [0.1, 0.15) is 50.9 Å². The fraction of sp³-hybridized carbons (Fsp3) is 0.556. The molecule has 0 aromatic heterocycles. The molecule has 0 aliphatic heterocycles. The Morgan fingerprint density at radius 1 is 1.04 bits per heavy atom. The molecule has 6 heteroatoms. The first-order valence-electron chi connectivity index (χ1n) is 8.34. The van der Waals surface area contributed by atoms with Gasteiger partial charge < -0.3 is 19.5 Å². The van der Waals surface area contributed by atoms with Crippen molar-refractivity contribution in [2.45, 2.75) is 46.6 Å². The lowest BCUT2D eigenvalue weighted by molar-refractivity contribution is -0.124. The van der Waals surface area contributed by atoms with Gasteiger partial charge in [0.2, 0.25) is 0 Å². The van der Waals surface area contributed by atoms with Gasteiger partial charge in [0.1, 0.15) is 0 Å². The van der Waals surface area contributed by atoms with E-state index in [-0.39, 0.29) is 18.6 Å². The molecule has 1 N–H and O–H groups in total. The van der Waals surface area contributed by atoms with Crippen LogP contribution in [0, 0.1) is 0 Å². The maximum Gasteiger partial charge on any atom is 0.338 e. The van der Waals surface area contributed by atoms with E-state index in [0.717, 1.165) is 12.8 Å². The minimum Gasteiger partial charge on any atom is -0.490 e. The lowest BCUT2D eigenvalue weighted by atomic mass is 10.2. The summed E-state index contributed by atoms with van der Waals surface area (Å²) < 4.78 is 16.3. The van der Waals surface area contributed by atoms with Crippen molar-refractivity contribution in [3.63, 3.8) is 0 Å². The maximum absolute atomic E-state index is 12.1. The number of amides is 1. The Balaban J connectivity index is 2.75. The molecule has 1 aromatic rings. The van der Waals surface area contributed by atoms with Crippen LogP contribution in [0.4, 0.5) is 0 Å². The largest absolute Gasteiger partial charge is 0.490 e. The SMILES string of the molecule is CCCOc1ccc(C(=O)OCC(=O)NC(C)C)cc1OCCC. The summed E-state index contributed by atoms with van der Waals surface area (Å²) in [5.74, 6) is 0.201. The predicted molar refractivity (Wildman–Crippen MR) is 91.6 cm³/mol. The Bertz CT molecular complexity index is 542. The summed E-state index contributed by atoms with van der Waals surface area (Å²) in [6, 6.07) is 4.88. The van der Waals surface area contributed by atoms with E-state index in [4.69, 9.17) is 14.2 Å². The number of benzene rings is 1. The molecule has 24 heavy (non-hydrogen) atoms. The van der Waals surface area contributed by atoms with Gasteiger partial charge in [-0.1, -0.05) is 13.8 Å². The average molecular weight is 337 g/mol. The predicted octanol–water partition coefficient (Wildman–Crippen LogP) is 2.95. The smallest absolute Gasteiger partial charge is 0.338 e. The van der Waals surface area contributed by atoms with Crippen LogP contribution in [-0.4, -0.2) is 37.7 Å². The fourth-order valence-corrected chi connectivity index (χ4v) is 1.87. The van der Waals surface area contributed by atoms with Crippen molar-refractivity contribution in [2.24, 2.45) is 0 Å². The highest BCUT2D eigenvalue weighted by molar-refractivity contribution is 5.92. The van der Waals surface area contributed by atoms with E-state index in [9.17, 15) is 9.59 Å². The summed E-state index contributed by atoms with van der Waals surface area (Å²) in [4.78, 5) is 23.6. The summed E-state index contributed by atoms with van der Waals surface area (Å²) in [5, 5.41) is 2.66. The third kappa shape index (κ3) is 6.89. The van der Waals surface area contributed by atoms with Crippen LogP contribution in [0.5, 0.6) is 11.5 Å². The van der Waals surface area contributed by atoms with E-state index in [0.29, 0.717) is 30.3 Å². The van der Waals surface area contributed by atoms with Crippen LogP contribution in [0.25, 0.3) is 0 Å². The number of ether oxygens (including phenoxy) is 3. The zero-order valence-corrected chi connectivity index (χ0v) is 14.9. The maximum atomic E-state index is 12.1. The third-order valence-electron chi connectivity index (χ3n) is 2.89. The lowest BCUT2D eigenvalue weighted by Crippen LogP contribution is -2.33. The van der Waals surface area contributed by atoms with Gasteiger partial charge in [0, 0.05) is 6.04 Å². The highest BCUT2D eigenvalue weighted by atomic mass is 16.5. The first kappa shape index (κ1) is 19.8. The van der Waals surface area contributed by atoms with Crippen molar-refractivity contribution in [3.8, 4) is 11.5 Å². The Labute approximate surface area is 143 Å². The van der Waals surface area contributed by atoms with Gasteiger partial charge >= 0.3 is 5.97 Å². The van der Waals surface area contributed by atoms with E-state index in [1.54, 1.807) is 18.2 Å². The number of rotatable bonds is 10. The monoisotopic (exact) mass is 337 g/mol. The van der Waals surface area contributed by atoms with Gasteiger partial charge in [-0.2, -0.15) is 0 Å². The molecule has 1 rings (SSSR count). The van der Waals surface area contributed by atoms with E-state index < -0.39 is 5.97 Å². The molecule has 0 saturated carbocycles. The molecule has 1 amide bonds. The molecule has 1 aromatic carbocycles. The van der Waals surface area contributed by atoms with Crippen molar-refractivity contribution in [1.29, 1.82) is 0 Å². The molecule has 0 bridgehead atoms. The minimum absolute atomic E-state index is 0.000228. The summed E-state index contributed by atoms with van der Waals surface area (Å²) in [5.41, 5.74) is 0.322. The highest BCUT2D eigenvalue weighted by Gasteiger charge is 2.14. The van der Waals surface area contributed by atoms with Gasteiger partial charge in [-0.05, 0) is 44.9 Å². The van der Waals surface area contributed by atoms with Crippen LogP contribution >= 0.6 is 0 Å². The first-order valence-corrected chi connectivity index (χ1v) is 8.34. The number of hydrogen-bond acceptors (Lipinski definition) is 5. The quantitative estimate of drug-likeness (QED) is 0.665. The summed E-state index contributed by atoms with van der Waals surface area (Å²) in [6.45, 7) is 8.48. The standard InChI is InChI=1S/C18H27NO5/c1-5-9-22-15-8-7-14(11-16(15)23-10-6-2)18(21)24-12-17(20)19-13(3)4/h7-8,11,13H,5-6,9-10,12H2,1-4H3,(H,19,20). The van der Waals surface area contributed by atoms with Gasteiger partial charge in [-0.25, -0.2) is 4.79 Å². The summed E-state index contributed by atoms with van der Waals surface area (Å²) in [6.07, 6.45) is 1.72. The molecule has 0 unspecified atom stereocenters. The second kappa shape index (κ2) is 10.5. The zero-order valence-electron chi connectivity index (χ0n) is 14.9. The molecule has 134 valence electrons. The number of hydrogen-bond donors (Lipinski definition) is 1. The van der Waals surface area contributed by atoms with Crippen LogP contribution in [0.3, 0.4) is 0 Å². The molecule has 0 spiro atoms. The second-order valence-corrected chi connectivity index (χ2v) is 5.66. The molecular formula is C18H27NO5. The van der Waals surface area contributed by atoms with E-state index in [1.165, 1.54) is 0 Å². The Hall–Kier alpha value is -2.24. The Kier molecular flexibility index (Phi) is 8.68. The lowest BCUT2D eigenvalue weighted by Gasteiger charge is -2.13. The van der Waals surface area contributed by atoms with Crippen molar-refractivity contribution >= 4 is 11.9 Å². The number of carbonyl (C=O) groups excluding carboxylic acids is 2. The van der Waals surface area contributed by atoms with E-state index in [2.05, 4.69) is 5.32 Å². The molecule has 0 atom stereocenters. The first-order chi connectivity index (χ1) is 11.5.